The molecule has 4 nitrogen and oxygen atoms in total. The molecule has 0 radical (unpaired) electrons. The molecule has 1 aromatic rings. The fourth-order valence-corrected chi connectivity index (χ4v) is 2.57. The molecule has 1 atom stereocenters. The molecular weight excluding hydrogens is 243 g/mol. The minimum Gasteiger partial charge on any atom is -0.282 e. The molecular formula is C11H13FN2O2S. The summed E-state index contributed by atoms with van der Waals surface area (Å²) in [6.07, 6.45) is 0.181. The first kappa shape index (κ1) is 13.5. The van der Waals surface area contributed by atoms with Gasteiger partial charge in [0.25, 0.3) is 0 Å². The molecule has 0 spiro atoms. The molecule has 0 aliphatic heterocycles. The van der Waals surface area contributed by atoms with E-state index in [1.54, 1.807) is 13.0 Å². The second-order valence-corrected chi connectivity index (χ2v) is 5.45. The van der Waals surface area contributed by atoms with Crippen LogP contribution in [0.4, 0.5) is 10.1 Å². The van der Waals surface area contributed by atoms with Crippen LogP contribution in [-0.4, -0.2) is 13.7 Å². The molecule has 1 N–H and O–H groups in total. The lowest BCUT2D eigenvalue weighted by atomic mass is 10.2. The smallest absolute Gasteiger partial charge is 0.249 e. The fraction of sp³-hybridized carbons (Fsp3) is 0.364. The number of anilines is 1. The molecule has 0 aliphatic carbocycles. The largest absolute Gasteiger partial charge is 0.282 e. The van der Waals surface area contributed by atoms with Gasteiger partial charge < -0.3 is 0 Å². The highest BCUT2D eigenvalue weighted by molar-refractivity contribution is 7.93. The monoisotopic (exact) mass is 256 g/mol. The van der Waals surface area contributed by atoms with Crippen LogP contribution in [0.1, 0.15) is 18.9 Å². The van der Waals surface area contributed by atoms with Crippen molar-refractivity contribution in [1.29, 1.82) is 5.26 Å². The predicted molar refractivity (Wildman–Crippen MR) is 63.4 cm³/mol. The van der Waals surface area contributed by atoms with Crippen LogP contribution in [0, 0.1) is 24.1 Å². The molecule has 17 heavy (non-hydrogen) atoms. The van der Waals surface area contributed by atoms with Crippen LogP contribution in [0.25, 0.3) is 0 Å². The maximum Gasteiger partial charge on any atom is 0.249 e. The summed E-state index contributed by atoms with van der Waals surface area (Å²) in [7, 11) is -3.79. The van der Waals surface area contributed by atoms with Crippen LogP contribution in [0.5, 0.6) is 0 Å². The molecule has 1 rings (SSSR count). The molecule has 0 aromatic heterocycles. The lowest BCUT2D eigenvalue weighted by molar-refractivity contribution is 0.592. The minimum absolute atomic E-state index is 0.165. The third-order valence-corrected chi connectivity index (χ3v) is 4.10. The highest BCUT2D eigenvalue weighted by Crippen LogP contribution is 2.20. The molecule has 0 bridgehead atoms. The van der Waals surface area contributed by atoms with Crippen LogP contribution in [-0.2, 0) is 10.0 Å². The number of sulfonamides is 1. The van der Waals surface area contributed by atoms with Gasteiger partial charge in [0.1, 0.15) is 5.82 Å². The molecule has 0 saturated carbocycles. The Hall–Kier alpha value is -1.61. The number of hydrogen-bond acceptors (Lipinski definition) is 3. The van der Waals surface area contributed by atoms with E-state index in [2.05, 4.69) is 4.72 Å². The molecule has 0 aliphatic rings. The quantitative estimate of drug-likeness (QED) is 0.897. The Morgan fingerprint density at radius 3 is 2.71 bits per heavy atom. The summed E-state index contributed by atoms with van der Waals surface area (Å²) in [6, 6.07) is 5.82. The van der Waals surface area contributed by atoms with Gasteiger partial charge in [-0.3, -0.25) is 4.72 Å². The lowest BCUT2D eigenvalue weighted by Crippen LogP contribution is -2.26. The van der Waals surface area contributed by atoms with Crippen molar-refractivity contribution >= 4 is 15.7 Å². The highest BCUT2D eigenvalue weighted by Gasteiger charge is 2.24. The van der Waals surface area contributed by atoms with Crippen molar-refractivity contribution in [2.45, 2.75) is 25.5 Å². The topological polar surface area (TPSA) is 70.0 Å². The molecule has 1 unspecified atom stereocenters. The second-order valence-electron chi connectivity index (χ2n) is 3.59. The second kappa shape index (κ2) is 5.15. The fourth-order valence-electron chi connectivity index (χ4n) is 1.32. The van der Waals surface area contributed by atoms with Crippen molar-refractivity contribution in [3.8, 4) is 6.07 Å². The minimum atomic E-state index is -3.79. The standard InChI is InChI=1S/C11H13FN2O2S/c1-3-9(7-13)17(15,16)14-11-6-4-5-10(12)8(11)2/h4-6,9,14H,3H2,1-2H3. The van der Waals surface area contributed by atoms with E-state index >= 15 is 0 Å². The van der Waals surface area contributed by atoms with Crippen molar-refractivity contribution < 1.29 is 12.8 Å². The van der Waals surface area contributed by atoms with Gasteiger partial charge in [-0.05, 0) is 25.5 Å². The Balaban J connectivity index is 3.07. The van der Waals surface area contributed by atoms with Crippen LogP contribution >= 0.6 is 0 Å². The van der Waals surface area contributed by atoms with Crippen LogP contribution in [0.3, 0.4) is 0 Å². The average Bonchev–Trinajstić information content (AvgIpc) is 2.26. The summed E-state index contributed by atoms with van der Waals surface area (Å²) >= 11 is 0. The maximum atomic E-state index is 13.2. The normalized spacial score (nSPS) is 12.8. The molecule has 92 valence electrons. The Morgan fingerprint density at radius 2 is 2.18 bits per heavy atom. The van der Waals surface area contributed by atoms with Gasteiger partial charge in [0.05, 0.1) is 11.8 Å². The number of nitrogens with zero attached hydrogens (tertiary/aromatic N) is 1. The van der Waals surface area contributed by atoms with Crippen LogP contribution < -0.4 is 4.72 Å². The highest BCUT2D eigenvalue weighted by atomic mass is 32.2. The van der Waals surface area contributed by atoms with Gasteiger partial charge in [-0.15, -0.1) is 0 Å². The number of nitrogens with one attached hydrogen (secondary N) is 1. The van der Waals surface area contributed by atoms with E-state index in [1.807, 2.05) is 0 Å². The van der Waals surface area contributed by atoms with Crippen molar-refractivity contribution in [2.75, 3.05) is 4.72 Å². The first-order valence-electron chi connectivity index (χ1n) is 5.08. The van der Waals surface area contributed by atoms with Crippen molar-refractivity contribution in [3.63, 3.8) is 0 Å². The van der Waals surface area contributed by atoms with Gasteiger partial charge in [-0.2, -0.15) is 5.26 Å². The van der Waals surface area contributed by atoms with Gasteiger partial charge in [0.2, 0.25) is 10.0 Å². The number of benzene rings is 1. The van der Waals surface area contributed by atoms with Crippen molar-refractivity contribution in [3.05, 3.63) is 29.6 Å². The zero-order chi connectivity index (χ0) is 13.1. The van der Waals surface area contributed by atoms with E-state index in [-0.39, 0.29) is 17.7 Å². The van der Waals surface area contributed by atoms with Gasteiger partial charge in [-0.25, -0.2) is 12.8 Å². The van der Waals surface area contributed by atoms with Crippen LogP contribution in [0.2, 0.25) is 0 Å². The van der Waals surface area contributed by atoms with Gasteiger partial charge in [0.15, 0.2) is 5.25 Å². The number of hydrogen-bond donors (Lipinski definition) is 1. The Bertz CT molecular complexity index is 549. The van der Waals surface area contributed by atoms with E-state index in [0.29, 0.717) is 0 Å². The molecule has 0 amide bonds. The maximum absolute atomic E-state index is 13.2. The average molecular weight is 256 g/mol. The molecule has 0 fully saturated rings. The number of halogens is 1. The summed E-state index contributed by atoms with van der Waals surface area (Å²) in [5, 5.41) is 7.59. The van der Waals surface area contributed by atoms with E-state index < -0.39 is 21.1 Å². The van der Waals surface area contributed by atoms with E-state index in [0.717, 1.165) is 0 Å². The lowest BCUT2D eigenvalue weighted by Gasteiger charge is -2.13. The number of rotatable bonds is 4. The summed E-state index contributed by atoms with van der Waals surface area (Å²) in [5.41, 5.74) is 0.377. The SMILES string of the molecule is CCC(C#N)S(=O)(=O)Nc1cccc(F)c1C. The summed E-state index contributed by atoms with van der Waals surface area (Å²) in [5.74, 6) is -0.491. The van der Waals surface area contributed by atoms with E-state index in [4.69, 9.17) is 5.26 Å². The first-order valence-corrected chi connectivity index (χ1v) is 6.63. The third-order valence-electron chi connectivity index (χ3n) is 2.41. The number of nitriles is 1. The molecule has 1 aromatic carbocycles. The third kappa shape index (κ3) is 2.94. The summed E-state index contributed by atoms with van der Waals surface area (Å²) in [6.45, 7) is 3.08. The predicted octanol–water partition coefficient (Wildman–Crippen LogP) is 2.18. The van der Waals surface area contributed by atoms with Crippen molar-refractivity contribution in [2.24, 2.45) is 0 Å². The van der Waals surface area contributed by atoms with E-state index in [9.17, 15) is 12.8 Å². The van der Waals surface area contributed by atoms with Gasteiger partial charge in [0, 0.05) is 5.56 Å². The Kier molecular flexibility index (Phi) is 4.07. The molecule has 0 heterocycles. The zero-order valence-corrected chi connectivity index (χ0v) is 10.4. The zero-order valence-electron chi connectivity index (χ0n) is 9.57. The van der Waals surface area contributed by atoms with Crippen LogP contribution in [0.15, 0.2) is 18.2 Å². The van der Waals surface area contributed by atoms with Gasteiger partial charge >= 0.3 is 0 Å². The van der Waals surface area contributed by atoms with E-state index in [1.165, 1.54) is 25.1 Å². The first-order chi connectivity index (χ1) is 7.92. The van der Waals surface area contributed by atoms with Gasteiger partial charge in [-0.1, -0.05) is 13.0 Å². The Morgan fingerprint density at radius 1 is 1.53 bits per heavy atom. The summed E-state index contributed by atoms with van der Waals surface area (Å²) in [4.78, 5) is 0. The van der Waals surface area contributed by atoms with Crippen molar-refractivity contribution in [1.82, 2.24) is 0 Å². The Labute approximate surface area is 100 Å². The summed E-state index contributed by atoms with van der Waals surface area (Å²) < 4.78 is 39.0. The molecule has 6 heteroatoms. The molecule has 0 saturated heterocycles.